The number of ether oxygens (including phenoxy) is 1. The van der Waals surface area contributed by atoms with E-state index in [1.807, 2.05) is 0 Å². The molecule has 1 saturated carbocycles. The summed E-state index contributed by atoms with van der Waals surface area (Å²) >= 11 is 0. The molecule has 1 aliphatic heterocycles. The van der Waals surface area contributed by atoms with Gasteiger partial charge in [0.2, 0.25) is 16.4 Å². The summed E-state index contributed by atoms with van der Waals surface area (Å²) in [6.07, 6.45) is 3.85. The first kappa shape index (κ1) is 30.1. The molecule has 0 radical (unpaired) electrons. The molecule has 1 aromatic rings. The molecule has 0 atom stereocenters. The van der Waals surface area contributed by atoms with Crippen molar-refractivity contribution in [3.05, 3.63) is 45.9 Å². The first-order valence-electron chi connectivity index (χ1n) is 13.2. The van der Waals surface area contributed by atoms with Crippen molar-refractivity contribution < 1.29 is 22.7 Å². The van der Waals surface area contributed by atoms with Crippen LogP contribution < -0.4 is 20.5 Å². The summed E-state index contributed by atoms with van der Waals surface area (Å²) in [4.78, 5) is 42.6. The van der Waals surface area contributed by atoms with E-state index in [0.717, 1.165) is 19.3 Å². The number of rotatable bonds is 8. The molecule has 2 N–H and O–H groups in total. The van der Waals surface area contributed by atoms with Gasteiger partial charge in [-0.25, -0.2) is 13.2 Å². The number of hydrogen-bond donors (Lipinski definition) is 2. The molecule has 39 heavy (non-hydrogen) atoms. The standard InChI is InChI=1S/C27H39N5O6S/c1-7-39(36,37)32(20-11-9-8-10-12-20)22-14-13-19(3)31(25(22)34)23-21(16-28-17-33)18(2)15-29-24(23)30-26(35)38-27(4,5)6/h13-14,17,20H,2,7-12,15-16H2,1,3-6H3,(H,28,33)(H,29,30,35). The molecule has 0 unspecified atom stereocenters. The highest BCUT2D eigenvalue weighted by Gasteiger charge is 2.34. The first-order chi connectivity index (χ1) is 18.3. The Morgan fingerprint density at radius 2 is 1.92 bits per heavy atom. The third kappa shape index (κ3) is 6.97. The van der Waals surface area contributed by atoms with Gasteiger partial charge in [0.05, 0.1) is 18.0 Å². The molecule has 1 aromatic heterocycles. The molecule has 3 rings (SSSR count). The number of amidine groups is 1. The van der Waals surface area contributed by atoms with Crippen LogP contribution in [0.25, 0.3) is 5.70 Å². The SMILES string of the molecule is C=C1CN=C(NC(=O)OC(C)(C)C)C(n2c(C)ccc(N(C3CCCCC3)S(=O)(=O)CC)c2=O)=C1CNC=O. The number of carbonyl (C=O) groups is 2. The van der Waals surface area contributed by atoms with E-state index >= 15 is 0 Å². The van der Waals surface area contributed by atoms with Gasteiger partial charge in [0, 0.05) is 23.9 Å². The molecular weight excluding hydrogens is 522 g/mol. The molecule has 0 aromatic carbocycles. The molecule has 214 valence electrons. The van der Waals surface area contributed by atoms with E-state index in [4.69, 9.17) is 4.74 Å². The van der Waals surface area contributed by atoms with Crippen LogP contribution in [-0.4, -0.2) is 61.8 Å². The number of aromatic nitrogens is 1. The highest BCUT2D eigenvalue weighted by molar-refractivity contribution is 7.92. The van der Waals surface area contributed by atoms with Crippen LogP contribution in [-0.2, 0) is 19.6 Å². The number of alkyl carbamates (subject to hydrolysis) is 1. The van der Waals surface area contributed by atoms with Crippen LogP contribution in [0.3, 0.4) is 0 Å². The van der Waals surface area contributed by atoms with Gasteiger partial charge in [-0.15, -0.1) is 0 Å². The average Bonchev–Trinajstić information content (AvgIpc) is 2.86. The van der Waals surface area contributed by atoms with Crippen LogP contribution in [0.15, 0.2) is 39.6 Å². The van der Waals surface area contributed by atoms with Gasteiger partial charge in [-0.3, -0.25) is 28.8 Å². The number of carbonyl (C=O) groups excluding carboxylic acids is 2. The van der Waals surface area contributed by atoms with Gasteiger partial charge in [-0.05, 0) is 65.2 Å². The Morgan fingerprint density at radius 1 is 1.26 bits per heavy atom. The highest BCUT2D eigenvalue weighted by atomic mass is 32.2. The van der Waals surface area contributed by atoms with Crippen molar-refractivity contribution in [3.8, 4) is 0 Å². The molecule has 11 nitrogen and oxygen atoms in total. The van der Waals surface area contributed by atoms with E-state index in [9.17, 15) is 22.8 Å². The van der Waals surface area contributed by atoms with Crippen molar-refractivity contribution in [1.82, 2.24) is 15.2 Å². The number of dihydropyridines is 1. The molecular formula is C27H39N5O6S. The van der Waals surface area contributed by atoms with Gasteiger partial charge in [0.1, 0.15) is 11.3 Å². The Hall–Kier alpha value is -3.41. The molecule has 2 amide bonds. The fraction of sp³-hybridized carbons (Fsp3) is 0.556. The Labute approximate surface area is 230 Å². The number of nitrogens with one attached hydrogen (secondary N) is 2. The zero-order valence-electron chi connectivity index (χ0n) is 23.4. The predicted octanol–water partition coefficient (Wildman–Crippen LogP) is 3.10. The lowest BCUT2D eigenvalue weighted by molar-refractivity contribution is -0.109. The molecule has 0 saturated heterocycles. The van der Waals surface area contributed by atoms with E-state index in [-0.39, 0.29) is 42.1 Å². The van der Waals surface area contributed by atoms with E-state index < -0.39 is 27.3 Å². The lowest BCUT2D eigenvalue weighted by atomic mass is 9.95. The average molecular weight is 562 g/mol. The van der Waals surface area contributed by atoms with Gasteiger partial charge in [-0.2, -0.15) is 0 Å². The van der Waals surface area contributed by atoms with Gasteiger partial charge < -0.3 is 10.1 Å². The molecule has 1 aliphatic carbocycles. The van der Waals surface area contributed by atoms with Crippen LogP contribution in [0.2, 0.25) is 0 Å². The zero-order valence-corrected chi connectivity index (χ0v) is 24.2. The maximum absolute atomic E-state index is 14.2. The second-order valence-corrected chi connectivity index (χ2v) is 12.8. The minimum atomic E-state index is -3.78. The summed E-state index contributed by atoms with van der Waals surface area (Å²) in [5.74, 6) is -0.0955. The number of pyridine rings is 1. The lowest BCUT2D eigenvalue weighted by Crippen LogP contribution is -2.47. The fourth-order valence-corrected chi connectivity index (χ4v) is 6.22. The molecule has 2 aliphatic rings. The third-order valence-electron chi connectivity index (χ3n) is 6.64. The quantitative estimate of drug-likeness (QED) is 0.468. The summed E-state index contributed by atoms with van der Waals surface area (Å²) in [6.45, 7) is 12.6. The van der Waals surface area contributed by atoms with Crippen LogP contribution in [0.5, 0.6) is 0 Å². The third-order valence-corrected chi connectivity index (χ3v) is 8.46. The van der Waals surface area contributed by atoms with Crippen molar-refractivity contribution in [2.75, 3.05) is 23.1 Å². The summed E-state index contributed by atoms with van der Waals surface area (Å²) < 4.78 is 34.7. The Kier molecular flexibility index (Phi) is 9.42. The second-order valence-electron chi connectivity index (χ2n) is 10.7. The van der Waals surface area contributed by atoms with E-state index in [1.165, 1.54) is 14.9 Å². The van der Waals surface area contributed by atoms with Gasteiger partial charge in [0.15, 0.2) is 5.84 Å². The largest absolute Gasteiger partial charge is 0.444 e. The number of sulfonamides is 1. The fourth-order valence-electron chi connectivity index (χ4n) is 4.84. The van der Waals surface area contributed by atoms with E-state index in [0.29, 0.717) is 36.1 Å². The number of amides is 2. The second kappa shape index (κ2) is 12.2. The zero-order chi connectivity index (χ0) is 29.0. The smallest absolute Gasteiger partial charge is 0.413 e. The molecule has 12 heteroatoms. The number of aliphatic imine (C=N–C) groups is 1. The topological polar surface area (TPSA) is 139 Å². The molecule has 0 spiro atoms. The van der Waals surface area contributed by atoms with Crippen molar-refractivity contribution in [2.24, 2.45) is 4.99 Å². The summed E-state index contributed by atoms with van der Waals surface area (Å²) in [5.41, 5.74) is 0.365. The van der Waals surface area contributed by atoms with Crippen LogP contribution in [0, 0.1) is 6.92 Å². The highest BCUT2D eigenvalue weighted by Crippen LogP contribution is 2.30. The Morgan fingerprint density at radius 3 is 2.51 bits per heavy atom. The number of anilines is 1. The van der Waals surface area contributed by atoms with E-state index in [1.54, 1.807) is 40.7 Å². The Bertz CT molecular complexity index is 1350. The van der Waals surface area contributed by atoms with Gasteiger partial charge in [-0.1, -0.05) is 25.8 Å². The monoisotopic (exact) mass is 561 g/mol. The normalized spacial score (nSPS) is 16.9. The minimum absolute atomic E-state index is 0.0163. The molecule has 0 bridgehead atoms. The van der Waals surface area contributed by atoms with Crippen LogP contribution in [0.4, 0.5) is 10.5 Å². The summed E-state index contributed by atoms with van der Waals surface area (Å²) in [7, 11) is -3.78. The van der Waals surface area contributed by atoms with Crippen molar-refractivity contribution in [3.63, 3.8) is 0 Å². The van der Waals surface area contributed by atoms with Crippen molar-refractivity contribution in [2.45, 2.75) is 78.4 Å². The maximum Gasteiger partial charge on any atom is 0.413 e. The maximum atomic E-state index is 14.2. The summed E-state index contributed by atoms with van der Waals surface area (Å²) in [5, 5.41) is 5.24. The minimum Gasteiger partial charge on any atom is -0.444 e. The van der Waals surface area contributed by atoms with Crippen LogP contribution in [0.1, 0.15) is 65.5 Å². The molecule has 1 fully saturated rings. The first-order valence-corrected chi connectivity index (χ1v) is 14.8. The van der Waals surface area contributed by atoms with Gasteiger partial charge >= 0.3 is 6.09 Å². The van der Waals surface area contributed by atoms with Gasteiger partial charge in [0.25, 0.3) is 5.56 Å². The molecule has 2 heterocycles. The predicted molar refractivity (Wildman–Crippen MR) is 152 cm³/mol. The van der Waals surface area contributed by atoms with E-state index in [2.05, 4.69) is 22.2 Å². The van der Waals surface area contributed by atoms with Crippen molar-refractivity contribution in [1.29, 1.82) is 0 Å². The lowest BCUT2D eigenvalue weighted by Gasteiger charge is -2.35. The summed E-state index contributed by atoms with van der Waals surface area (Å²) in [6, 6.07) is 2.88. The number of aryl methyl sites for hydroxylation is 1. The van der Waals surface area contributed by atoms with Crippen molar-refractivity contribution >= 4 is 39.7 Å². The number of nitrogens with zero attached hydrogens (tertiary/aromatic N) is 3. The number of hydrogen-bond acceptors (Lipinski definition) is 7. The van der Waals surface area contributed by atoms with Crippen LogP contribution >= 0.6 is 0 Å². The Balaban J connectivity index is 2.25.